The van der Waals surface area contributed by atoms with Crippen molar-refractivity contribution >= 4 is 87.5 Å². The van der Waals surface area contributed by atoms with Gasteiger partial charge in [0.05, 0.1) is 44.5 Å². The van der Waals surface area contributed by atoms with Crippen LogP contribution >= 0.6 is 15.6 Å². The predicted molar refractivity (Wildman–Crippen MR) is 171 cm³/mol. The quantitative estimate of drug-likeness (QED) is 0.0422. The van der Waals surface area contributed by atoms with Crippen LogP contribution in [0.1, 0.15) is 51.4 Å². The molecule has 0 saturated carbocycles. The molecule has 0 rings (SSSR count). The summed E-state index contributed by atoms with van der Waals surface area (Å²) in [7, 11) is -10.0. The van der Waals surface area contributed by atoms with E-state index in [-0.39, 0.29) is 161 Å². The van der Waals surface area contributed by atoms with Gasteiger partial charge in [0.15, 0.2) is 16.8 Å². The van der Waals surface area contributed by atoms with Crippen molar-refractivity contribution in [3.05, 3.63) is 0 Å². The van der Waals surface area contributed by atoms with Crippen molar-refractivity contribution in [2.24, 2.45) is 5.73 Å². The number of rotatable bonds is 19. The maximum atomic E-state index is 10.3. The Bertz CT molecular complexity index is 1490. The number of hydrogen-bond donors (Lipinski definition) is 18. The summed E-state index contributed by atoms with van der Waals surface area (Å²) in [6.07, 6.45) is -9.20. The molecule has 37 nitrogen and oxygen atoms in total. The number of aliphatic hydroxyl groups is 3. The van der Waals surface area contributed by atoms with Gasteiger partial charge in [0.1, 0.15) is 0 Å². The van der Waals surface area contributed by atoms with E-state index in [0.717, 1.165) is 0 Å². The van der Waals surface area contributed by atoms with Crippen molar-refractivity contribution in [1.29, 1.82) is 0 Å². The molecular weight excluding hydrogens is 1060 g/mol. The Hall–Kier alpha value is -1.50. The fourth-order valence-corrected chi connectivity index (χ4v) is 2.53. The van der Waals surface area contributed by atoms with E-state index < -0.39 is 149 Å². The summed E-state index contributed by atoms with van der Waals surface area (Å²) in [5, 5.41) is 135. The molecule has 0 aromatic carbocycles. The van der Waals surface area contributed by atoms with Crippen molar-refractivity contribution < 1.29 is 326 Å². The molecule has 0 aliphatic carbocycles. The van der Waals surface area contributed by atoms with E-state index in [2.05, 4.69) is 0 Å². The Morgan fingerprint density at radius 1 is 0.441 bits per heavy atom. The minimum Gasteiger partial charge on any atom is -0.822 e. The number of carbonyl (C=O) groups excluding carboxylic acids is 2. The molecule has 0 saturated heterocycles. The Morgan fingerprint density at radius 2 is 0.574 bits per heavy atom. The molecule has 19 N–H and O–H groups in total. The second-order valence-corrected chi connectivity index (χ2v) is 12.4. The van der Waals surface area contributed by atoms with E-state index >= 15 is 0 Å². The van der Waals surface area contributed by atoms with Crippen LogP contribution in [0.25, 0.3) is 0 Å². The standard InChI is InChI=1S/3C6H8O7.C5H9NO4.CH2O3.5Na.2H3O4P/c3*7-3(8)1-6(13,5(11)12)2-4(9)10;6-3(5(9)10)1-2-4(7)8;2-1(3)4;;;;;;2*1-5(2,3)4/h3*13H,1-2H2,(H,7,8)(H,9,10)(H,11,12);3H,1-2,6H2,(H,7,8)(H,9,10);(H2,2,3,4);;;;;;2*(H3,1,2,3,4)/q;;;;;5*+1;;/p-5/t;;;3-;;;;;;;;/m...0......../s1. The van der Waals surface area contributed by atoms with Gasteiger partial charge in [-0.3, -0.25) is 28.8 Å². The van der Waals surface area contributed by atoms with Gasteiger partial charge >= 0.3 is 215 Å². The zero-order chi connectivity index (χ0) is 52.7. The van der Waals surface area contributed by atoms with Crippen molar-refractivity contribution in [2.45, 2.75) is 74.2 Å². The zero-order valence-electron chi connectivity index (χ0n) is 35.6. The predicted octanol–water partition coefficient (Wildman–Crippen LogP) is -25.7. The first-order chi connectivity index (χ1) is 27.6. The van der Waals surface area contributed by atoms with Crippen LogP contribution in [0.15, 0.2) is 0 Å². The molecule has 44 heteroatoms. The van der Waals surface area contributed by atoms with Crippen LogP contribution in [0, 0.1) is 0 Å². The van der Waals surface area contributed by atoms with Crippen LogP contribution in [0.2, 0.25) is 0 Å². The fraction of sp³-hybridized carbons (Fsp3) is 0.500. The van der Waals surface area contributed by atoms with Gasteiger partial charge < -0.3 is 131 Å². The van der Waals surface area contributed by atoms with Gasteiger partial charge in [0.2, 0.25) is 0 Å². The molecule has 0 aliphatic heterocycles. The molecule has 0 unspecified atom stereocenters. The first-order valence-electron chi connectivity index (χ1n) is 14.4. The molecule has 0 bridgehead atoms. The van der Waals surface area contributed by atoms with Crippen molar-refractivity contribution in [3.8, 4) is 0 Å². The molecule has 0 fully saturated rings. The largest absolute Gasteiger partial charge is 1.00 e. The van der Waals surface area contributed by atoms with E-state index in [0.29, 0.717) is 0 Å². The number of carboxylic acids is 11. The Kier molecular flexibility index (Phi) is 67.5. The van der Waals surface area contributed by atoms with Crippen LogP contribution < -0.4 is 178 Å². The van der Waals surface area contributed by atoms with Crippen molar-refractivity contribution in [2.75, 3.05) is 0 Å². The number of carboxylic acid groups (broad SMARTS) is 13. The van der Waals surface area contributed by atoms with Crippen molar-refractivity contribution in [1.82, 2.24) is 0 Å². The minimum absolute atomic E-state index is 0. The summed E-state index contributed by atoms with van der Waals surface area (Å²) in [5.41, 5.74) is -3.30. The fourth-order valence-electron chi connectivity index (χ4n) is 2.53. The van der Waals surface area contributed by atoms with Gasteiger partial charge in [-0.25, -0.2) is 23.7 Å². The molecule has 0 aliphatic rings. The molecule has 68 heavy (non-hydrogen) atoms. The van der Waals surface area contributed by atoms with Gasteiger partial charge in [-0.2, -0.15) is 7.82 Å². The summed E-state index contributed by atoms with van der Waals surface area (Å²) in [6.45, 7) is 0. The second kappa shape index (κ2) is 47.8. The molecule has 0 heterocycles. The molecule has 0 spiro atoms. The molecule has 0 aromatic rings. The van der Waals surface area contributed by atoms with Gasteiger partial charge in [0, 0.05) is 12.0 Å². The normalized spacial score (nSPS) is 10.1. The van der Waals surface area contributed by atoms with Crippen LogP contribution in [0.4, 0.5) is 4.79 Å². The Morgan fingerprint density at radius 3 is 0.647 bits per heavy atom. The smallest absolute Gasteiger partial charge is 0.822 e. The van der Waals surface area contributed by atoms with Crippen LogP contribution in [-0.2, 0) is 61.9 Å². The van der Waals surface area contributed by atoms with Crippen LogP contribution in [0.3, 0.4) is 0 Å². The number of phosphoric acid groups is 2. The van der Waals surface area contributed by atoms with E-state index in [1.165, 1.54) is 0 Å². The number of nitrogens with two attached hydrogens (primary N) is 1. The Balaban J connectivity index is -0.0000000551. The van der Waals surface area contributed by atoms with Gasteiger partial charge in [0.25, 0.3) is 0 Å². The summed E-state index contributed by atoms with van der Waals surface area (Å²) in [4.78, 5) is 167. The van der Waals surface area contributed by atoms with Crippen LogP contribution in [0.5, 0.6) is 0 Å². The molecular formula is C24H36NNa5O36P2. The van der Waals surface area contributed by atoms with E-state index in [4.69, 9.17) is 121 Å². The first kappa shape index (κ1) is 96.1. The average Bonchev–Trinajstić information content (AvgIpc) is 2.96. The summed E-state index contributed by atoms with van der Waals surface area (Å²) in [6, 6.07) is -1.21. The number of hydrogen-bond acceptors (Lipinski definition) is 23. The minimum atomic E-state index is -5.39. The molecule has 1 atom stereocenters. The monoisotopic (exact) mass is 1090 g/mol. The van der Waals surface area contributed by atoms with Gasteiger partial charge in [-0.1, -0.05) is 0 Å². The molecule has 0 aromatic heterocycles. The molecule has 0 amide bonds. The maximum absolute atomic E-state index is 10.3. The summed E-state index contributed by atoms with van der Waals surface area (Å²) >= 11 is 0. The maximum Gasteiger partial charge on any atom is 1.00 e. The third kappa shape index (κ3) is 84.4. The number of aliphatic carboxylic acids is 11. The van der Waals surface area contributed by atoms with Gasteiger partial charge in [-0.15, -0.1) is 0 Å². The zero-order valence-corrected chi connectivity index (χ0v) is 47.4. The van der Waals surface area contributed by atoms with E-state index in [1.807, 2.05) is 0 Å². The SMILES string of the molecule is N[C@@H](CCC(=O)[O-])C(=O)[O-].O=C(O)CC(O)(CC(=O)O)C(=O)O.O=C(O)CC(O)(CC(=O)O)C(=O)O.O=C(O)CC(O)(CC(=O)O)C(=O)O.O=C(O)O.O=P(O)(O)O.O=P([O-])([O-])[O-].[Na+].[Na+].[Na+].[Na+].[Na+]. The van der Waals surface area contributed by atoms with E-state index in [1.54, 1.807) is 0 Å². The topological polar surface area (TPSA) is 724 Å². The van der Waals surface area contributed by atoms with Crippen molar-refractivity contribution in [3.63, 3.8) is 0 Å². The van der Waals surface area contributed by atoms with Gasteiger partial charge in [-0.05, 0) is 12.8 Å². The second-order valence-electron chi connectivity index (χ2n) is 10.5. The first-order valence-corrected chi connectivity index (χ1v) is 17.4. The molecule has 0 radical (unpaired) electrons. The molecule has 368 valence electrons. The number of carbonyl (C=O) groups is 12. The van der Waals surface area contributed by atoms with E-state index in [9.17, 15) is 63.0 Å². The Labute approximate surface area is 487 Å². The third-order valence-electron chi connectivity index (χ3n) is 4.82. The van der Waals surface area contributed by atoms with Crippen LogP contribution in [-0.4, -0.2) is 181 Å². The third-order valence-corrected chi connectivity index (χ3v) is 4.82. The summed E-state index contributed by atoms with van der Waals surface area (Å²) in [5.74, 6) is -17.8. The average molecular weight is 1090 g/mol. The summed E-state index contributed by atoms with van der Waals surface area (Å²) < 4.78 is 17.4.